The Balaban J connectivity index is 2.11. The molecule has 5 heteroatoms. The van der Waals surface area contributed by atoms with E-state index in [1.54, 1.807) is 0 Å². The summed E-state index contributed by atoms with van der Waals surface area (Å²) in [5, 5.41) is 4.23. The van der Waals surface area contributed by atoms with Crippen molar-refractivity contribution >= 4 is 0 Å². The fraction of sp³-hybridized carbons (Fsp3) is 0.455. The highest BCUT2D eigenvalue weighted by Gasteiger charge is 2.05. The van der Waals surface area contributed by atoms with Gasteiger partial charge in [-0.05, 0) is 19.9 Å². The van der Waals surface area contributed by atoms with Gasteiger partial charge in [0.1, 0.15) is 5.82 Å². The number of nitrogens with one attached hydrogen (secondary N) is 1. The van der Waals surface area contributed by atoms with Gasteiger partial charge in [0.25, 0.3) is 0 Å². The second-order valence-electron chi connectivity index (χ2n) is 3.72. The molecule has 16 heavy (non-hydrogen) atoms. The van der Waals surface area contributed by atoms with E-state index < -0.39 is 0 Å². The Labute approximate surface area is 94.7 Å². The van der Waals surface area contributed by atoms with E-state index in [-0.39, 0.29) is 0 Å². The maximum absolute atomic E-state index is 5.46. The zero-order chi connectivity index (χ0) is 11.4. The second-order valence-corrected chi connectivity index (χ2v) is 3.72. The Morgan fingerprint density at radius 2 is 2.31 bits per heavy atom. The number of aryl methyl sites for hydroxylation is 2. The average Bonchev–Trinajstić information content (AvgIpc) is 2.94. The maximum Gasteiger partial charge on any atom is 0.106 e. The lowest BCUT2D eigenvalue weighted by Gasteiger charge is -1.93. The Morgan fingerprint density at radius 1 is 1.44 bits per heavy atom. The standard InChI is InChI=1S/C11H17N5/c1-2-16-8-9(6-14-16)10-7-13-11(15-10)4-3-5-12/h6-8H,2-5,12H2,1H3,(H,13,15). The van der Waals surface area contributed by atoms with Gasteiger partial charge in [-0.25, -0.2) is 4.98 Å². The van der Waals surface area contributed by atoms with E-state index in [0.717, 1.165) is 36.5 Å². The summed E-state index contributed by atoms with van der Waals surface area (Å²) in [4.78, 5) is 7.60. The largest absolute Gasteiger partial charge is 0.342 e. The highest BCUT2D eigenvalue weighted by Crippen LogP contribution is 2.16. The van der Waals surface area contributed by atoms with Gasteiger partial charge in [-0.2, -0.15) is 5.10 Å². The molecule has 0 fully saturated rings. The zero-order valence-corrected chi connectivity index (χ0v) is 9.48. The van der Waals surface area contributed by atoms with E-state index >= 15 is 0 Å². The molecule has 0 bridgehead atoms. The summed E-state index contributed by atoms with van der Waals surface area (Å²) >= 11 is 0. The summed E-state index contributed by atoms with van der Waals surface area (Å²) in [7, 11) is 0. The summed E-state index contributed by atoms with van der Waals surface area (Å²) in [6.45, 7) is 3.65. The number of nitrogens with zero attached hydrogens (tertiary/aromatic N) is 3. The van der Waals surface area contributed by atoms with E-state index in [4.69, 9.17) is 5.73 Å². The van der Waals surface area contributed by atoms with E-state index in [1.165, 1.54) is 0 Å². The number of hydrogen-bond donors (Lipinski definition) is 2. The maximum atomic E-state index is 5.46. The fourth-order valence-corrected chi connectivity index (χ4v) is 1.58. The van der Waals surface area contributed by atoms with Crippen molar-refractivity contribution in [1.29, 1.82) is 0 Å². The van der Waals surface area contributed by atoms with Crippen molar-refractivity contribution in [1.82, 2.24) is 19.7 Å². The molecule has 0 saturated carbocycles. The molecule has 0 spiro atoms. The normalized spacial score (nSPS) is 10.9. The lowest BCUT2D eigenvalue weighted by atomic mass is 10.3. The number of nitrogens with two attached hydrogens (primary N) is 1. The first-order valence-corrected chi connectivity index (χ1v) is 5.60. The van der Waals surface area contributed by atoms with Gasteiger partial charge in [0.05, 0.1) is 18.1 Å². The molecule has 86 valence electrons. The minimum atomic E-state index is 0.698. The van der Waals surface area contributed by atoms with E-state index in [0.29, 0.717) is 6.54 Å². The van der Waals surface area contributed by atoms with Crippen molar-refractivity contribution in [3.05, 3.63) is 24.4 Å². The molecular formula is C11H17N5. The van der Waals surface area contributed by atoms with Crippen LogP contribution in [0, 0.1) is 0 Å². The molecule has 5 nitrogen and oxygen atoms in total. The van der Waals surface area contributed by atoms with Crippen LogP contribution in [0.2, 0.25) is 0 Å². The molecule has 0 radical (unpaired) electrons. The molecule has 2 heterocycles. The highest BCUT2D eigenvalue weighted by molar-refractivity contribution is 5.55. The number of aromatic amines is 1. The van der Waals surface area contributed by atoms with Crippen molar-refractivity contribution in [2.24, 2.45) is 5.73 Å². The number of H-pyrrole nitrogens is 1. The summed E-state index contributed by atoms with van der Waals surface area (Å²) in [5.74, 6) is 0.990. The fourth-order valence-electron chi connectivity index (χ4n) is 1.58. The molecule has 0 unspecified atom stereocenters. The van der Waals surface area contributed by atoms with Gasteiger partial charge in [-0.15, -0.1) is 0 Å². The minimum Gasteiger partial charge on any atom is -0.342 e. The number of imidazole rings is 1. The van der Waals surface area contributed by atoms with Crippen LogP contribution in [0.25, 0.3) is 11.3 Å². The first-order chi connectivity index (χ1) is 7.83. The van der Waals surface area contributed by atoms with Gasteiger partial charge >= 0.3 is 0 Å². The van der Waals surface area contributed by atoms with Crippen LogP contribution in [0.1, 0.15) is 19.2 Å². The van der Waals surface area contributed by atoms with Crippen LogP contribution < -0.4 is 5.73 Å². The molecule has 0 saturated heterocycles. The van der Waals surface area contributed by atoms with Crippen LogP contribution in [-0.4, -0.2) is 26.3 Å². The van der Waals surface area contributed by atoms with Crippen molar-refractivity contribution in [2.75, 3.05) is 6.54 Å². The molecule has 2 rings (SSSR count). The SMILES string of the molecule is CCn1cc(-c2cnc(CCCN)[nH]2)cn1. The number of aromatic nitrogens is 4. The predicted octanol–water partition coefficient (Wildman–Crippen LogP) is 1.18. The summed E-state index contributed by atoms with van der Waals surface area (Å²) < 4.78 is 1.90. The van der Waals surface area contributed by atoms with Crippen LogP contribution in [0.5, 0.6) is 0 Å². The van der Waals surface area contributed by atoms with E-state index in [2.05, 4.69) is 22.0 Å². The third kappa shape index (κ3) is 2.30. The van der Waals surface area contributed by atoms with Crippen LogP contribution in [0.15, 0.2) is 18.6 Å². The molecular weight excluding hydrogens is 202 g/mol. The molecule has 3 N–H and O–H groups in total. The smallest absolute Gasteiger partial charge is 0.106 e. The quantitative estimate of drug-likeness (QED) is 0.793. The molecule has 0 atom stereocenters. The van der Waals surface area contributed by atoms with Gasteiger partial charge in [-0.3, -0.25) is 4.68 Å². The van der Waals surface area contributed by atoms with Gasteiger partial charge in [0.15, 0.2) is 0 Å². The number of hydrogen-bond acceptors (Lipinski definition) is 3. The van der Waals surface area contributed by atoms with E-state index in [1.807, 2.05) is 23.3 Å². The predicted molar refractivity (Wildman–Crippen MR) is 62.9 cm³/mol. The molecule has 0 aliphatic carbocycles. The van der Waals surface area contributed by atoms with Gasteiger partial charge in [-0.1, -0.05) is 0 Å². The van der Waals surface area contributed by atoms with Crippen LogP contribution >= 0.6 is 0 Å². The van der Waals surface area contributed by atoms with Gasteiger partial charge in [0, 0.05) is 24.7 Å². The van der Waals surface area contributed by atoms with Crippen LogP contribution in [0.3, 0.4) is 0 Å². The third-order valence-electron chi connectivity index (χ3n) is 2.51. The Hall–Kier alpha value is -1.62. The molecule has 0 aromatic carbocycles. The average molecular weight is 219 g/mol. The molecule has 0 aliphatic rings. The summed E-state index contributed by atoms with van der Waals surface area (Å²) in [6.07, 6.45) is 7.58. The van der Waals surface area contributed by atoms with Crippen molar-refractivity contribution in [2.45, 2.75) is 26.3 Å². The van der Waals surface area contributed by atoms with Crippen LogP contribution in [0.4, 0.5) is 0 Å². The second kappa shape index (κ2) is 4.94. The Bertz CT molecular complexity index is 443. The highest BCUT2D eigenvalue weighted by atomic mass is 15.3. The van der Waals surface area contributed by atoms with E-state index in [9.17, 15) is 0 Å². The number of rotatable bonds is 5. The summed E-state index contributed by atoms with van der Waals surface area (Å²) in [6, 6.07) is 0. The molecule has 0 aliphatic heterocycles. The third-order valence-corrected chi connectivity index (χ3v) is 2.51. The lowest BCUT2D eigenvalue weighted by Crippen LogP contribution is -2.01. The molecule has 0 amide bonds. The van der Waals surface area contributed by atoms with Gasteiger partial charge < -0.3 is 10.7 Å². The van der Waals surface area contributed by atoms with Crippen molar-refractivity contribution < 1.29 is 0 Å². The van der Waals surface area contributed by atoms with Crippen molar-refractivity contribution in [3.63, 3.8) is 0 Å². The Kier molecular flexibility index (Phi) is 3.36. The first-order valence-electron chi connectivity index (χ1n) is 5.60. The van der Waals surface area contributed by atoms with Crippen LogP contribution in [-0.2, 0) is 13.0 Å². The molecule has 2 aromatic heterocycles. The minimum absolute atomic E-state index is 0.698. The summed E-state index contributed by atoms with van der Waals surface area (Å²) in [5.41, 5.74) is 7.56. The Morgan fingerprint density at radius 3 is 3.00 bits per heavy atom. The lowest BCUT2D eigenvalue weighted by molar-refractivity contribution is 0.660. The van der Waals surface area contributed by atoms with Crippen molar-refractivity contribution in [3.8, 4) is 11.3 Å². The monoisotopic (exact) mass is 219 g/mol. The zero-order valence-electron chi connectivity index (χ0n) is 9.48. The molecule has 2 aromatic rings. The van der Waals surface area contributed by atoms with Gasteiger partial charge in [0.2, 0.25) is 0 Å². The first kappa shape index (κ1) is 10.9. The topological polar surface area (TPSA) is 72.5 Å².